The Bertz CT molecular complexity index is 2390. The van der Waals surface area contributed by atoms with Crippen molar-refractivity contribution in [2.45, 2.75) is 52.9 Å². The maximum atomic E-state index is 4.50. The molecule has 59 heavy (non-hydrogen) atoms. The van der Waals surface area contributed by atoms with Crippen LogP contribution in [-0.4, -0.2) is 7.05 Å². The van der Waals surface area contributed by atoms with Gasteiger partial charge in [0.25, 0.3) is 0 Å². The summed E-state index contributed by atoms with van der Waals surface area (Å²) < 4.78 is 0. The van der Waals surface area contributed by atoms with E-state index in [1.54, 1.807) is 6.08 Å². The van der Waals surface area contributed by atoms with E-state index >= 15 is 0 Å². The summed E-state index contributed by atoms with van der Waals surface area (Å²) in [6, 6.07) is 55.3. The molecule has 0 saturated heterocycles. The Morgan fingerprint density at radius 1 is 0.678 bits per heavy atom. The molecule has 6 aromatic carbocycles. The zero-order valence-corrected chi connectivity index (χ0v) is 35.7. The normalized spacial score (nSPS) is 15.5. The third-order valence-corrected chi connectivity index (χ3v) is 10.6. The summed E-state index contributed by atoms with van der Waals surface area (Å²) in [5.74, 6) is 0.897. The van der Waals surface area contributed by atoms with E-state index in [-0.39, 0.29) is 0 Å². The third kappa shape index (κ3) is 11.9. The fourth-order valence-corrected chi connectivity index (χ4v) is 7.79. The molecule has 0 amide bonds. The lowest BCUT2D eigenvalue weighted by atomic mass is 9.77. The lowest BCUT2D eigenvalue weighted by molar-refractivity contribution is 0.526. The highest BCUT2D eigenvalue weighted by atomic mass is 14.4. The third-order valence-electron chi connectivity index (χ3n) is 10.6. The van der Waals surface area contributed by atoms with Gasteiger partial charge < -0.3 is 5.73 Å². The second kappa shape index (κ2) is 23.2. The monoisotopic (exact) mass is 771 g/mol. The molecule has 0 saturated carbocycles. The molecule has 1 aliphatic carbocycles. The minimum Gasteiger partial charge on any atom is -0.333 e. The van der Waals surface area contributed by atoms with E-state index in [4.69, 9.17) is 0 Å². The molecular formula is C58H61N. The number of nitrogens with two attached hydrogens (primary N) is 1. The summed E-state index contributed by atoms with van der Waals surface area (Å²) in [6.07, 6.45) is 23.1. The molecule has 1 aliphatic rings. The van der Waals surface area contributed by atoms with Crippen molar-refractivity contribution in [1.82, 2.24) is 0 Å². The van der Waals surface area contributed by atoms with Crippen LogP contribution in [0.2, 0.25) is 0 Å². The molecule has 0 aromatic heterocycles. The van der Waals surface area contributed by atoms with Gasteiger partial charge in [0, 0.05) is 5.92 Å². The second-order valence-electron chi connectivity index (χ2n) is 14.7. The van der Waals surface area contributed by atoms with Crippen molar-refractivity contribution >= 4 is 27.5 Å². The summed E-state index contributed by atoms with van der Waals surface area (Å²) in [7, 11) is 1.50. The first kappa shape index (κ1) is 43.8. The van der Waals surface area contributed by atoms with E-state index < -0.39 is 0 Å². The number of allylic oxidation sites excluding steroid dienone is 12. The highest BCUT2D eigenvalue weighted by Gasteiger charge is 2.22. The molecule has 7 rings (SSSR count). The molecule has 0 spiro atoms. The molecule has 6 aromatic rings. The van der Waals surface area contributed by atoms with Gasteiger partial charge >= 0.3 is 0 Å². The number of fused-ring (bicyclic) bond motifs is 1. The lowest BCUT2D eigenvalue weighted by Crippen LogP contribution is -2.12. The van der Waals surface area contributed by atoms with Crippen LogP contribution in [0.25, 0.3) is 38.6 Å². The van der Waals surface area contributed by atoms with Gasteiger partial charge in [-0.05, 0) is 112 Å². The van der Waals surface area contributed by atoms with Crippen LogP contribution >= 0.6 is 0 Å². The van der Waals surface area contributed by atoms with Crippen LogP contribution in [0, 0.1) is 5.92 Å². The van der Waals surface area contributed by atoms with E-state index in [1.807, 2.05) is 32.1 Å². The average molecular weight is 772 g/mol. The molecule has 0 fully saturated rings. The van der Waals surface area contributed by atoms with Gasteiger partial charge in [0.15, 0.2) is 0 Å². The maximum Gasteiger partial charge on any atom is 0.00901 e. The summed E-state index contributed by atoms with van der Waals surface area (Å²) in [6.45, 7) is 12.1. The minimum atomic E-state index is 0.377. The molecule has 0 radical (unpaired) electrons. The highest BCUT2D eigenvalue weighted by molar-refractivity contribution is 5.99. The minimum absolute atomic E-state index is 0.377. The highest BCUT2D eigenvalue weighted by Crippen LogP contribution is 2.39. The second-order valence-corrected chi connectivity index (χ2v) is 14.7. The predicted molar refractivity (Wildman–Crippen MR) is 261 cm³/mol. The van der Waals surface area contributed by atoms with Crippen molar-refractivity contribution in [2.75, 3.05) is 7.05 Å². The molecular weight excluding hydrogens is 711 g/mol. The summed E-state index contributed by atoms with van der Waals surface area (Å²) in [4.78, 5) is 0. The number of hydrogen-bond donors (Lipinski definition) is 1. The first-order valence-corrected chi connectivity index (χ1v) is 21.1. The molecule has 2 unspecified atom stereocenters. The van der Waals surface area contributed by atoms with Gasteiger partial charge in [-0.3, -0.25) is 0 Å². The van der Waals surface area contributed by atoms with Gasteiger partial charge in [-0.2, -0.15) is 0 Å². The SMILES string of the molecule is C=C/C=C(C)\C=C/C.CC/C=C(/C=C(\c1ccccc1)c1ccc(-c2ccc(C3C=C(c4ccccc4)C=CC3CCC)cc2)cc1)c1cccc2ccccc12.CN. The van der Waals surface area contributed by atoms with E-state index in [0.29, 0.717) is 11.8 Å². The van der Waals surface area contributed by atoms with E-state index in [2.05, 4.69) is 208 Å². The van der Waals surface area contributed by atoms with Gasteiger partial charge in [0.1, 0.15) is 0 Å². The smallest absolute Gasteiger partial charge is 0.00901 e. The van der Waals surface area contributed by atoms with Crippen molar-refractivity contribution in [1.29, 1.82) is 0 Å². The van der Waals surface area contributed by atoms with E-state index in [0.717, 1.165) is 6.42 Å². The van der Waals surface area contributed by atoms with Crippen molar-refractivity contribution in [2.24, 2.45) is 11.7 Å². The quantitative estimate of drug-likeness (QED) is 0.123. The Hall–Kier alpha value is -6.28. The van der Waals surface area contributed by atoms with Crippen LogP contribution in [0.3, 0.4) is 0 Å². The van der Waals surface area contributed by atoms with Gasteiger partial charge in [0.2, 0.25) is 0 Å². The molecule has 1 heteroatoms. The Morgan fingerprint density at radius 2 is 1.29 bits per heavy atom. The lowest BCUT2D eigenvalue weighted by Gasteiger charge is -2.27. The van der Waals surface area contributed by atoms with Gasteiger partial charge in [-0.1, -0.05) is 233 Å². The fourth-order valence-electron chi connectivity index (χ4n) is 7.79. The van der Waals surface area contributed by atoms with Crippen LogP contribution in [-0.2, 0) is 0 Å². The topological polar surface area (TPSA) is 26.0 Å². The standard InChI is InChI=1S/C49H44.C8H12.CH5N/c1-3-14-39-32-33-44(36-16-7-5-8-17-36)34-48(39)42-28-24-37(25-29-42)38-26-30-43(31-27-38)49(41-18-9-6-10-19-41)35-45(15-4-2)47-23-13-21-40-20-11-12-22-46(40)47;1-4-6-8(3)7-5-2;1-2/h5-13,15-35,39,48H,3-4,14H2,1-2H3;4-7H,1H2,2-3H3;2H2,1H3/b45-15-,49-35+;7-5-,8-6-;. The Balaban J connectivity index is 0.000000594. The van der Waals surface area contributed by atoms with Crippen molar-refractivity contribution in [3.05, 3.63) is 246 Å². The summed E-state index contributed by atoms with van der Waals surface area (Å²) in [5.41, 5.74) is 18.4. The van der Waals surface area contributed by atoms with Crippen LogP contribution < -0.4 is 5.73 Å². The summed E-state index contributed by atoms with van der Waals surface area (Å²) in [5, 5.41) is 2.55. The first-order chi connectivity index (χ1) is 29.0. The zero-order valence-electron chi connectivity index (χ0n) is 35.7. The molecule has 0 aliphatic heterocycles. The predicted octanol–water partition coefficient (Wildman–Crippen LogP) is 15.9. The summed E-state index contributed by atoms with van der Waals surface area (Å²) >= 11 is 0. The van der Waals surface area contributed by atoms with Crippen LogP contribution in [0.15, 0.2) is 218 Å². The Morgan fingerprint density at radius 3 is 1.93 bits per heavy atom. The molecule has 298 valence electrons. The van der Waals surface area contributed by atoms with E-state index in [1.165, 1.54) is 91.9 Å². The number of hydrogen-bond acceptors (Lipinski definition) is 1. The molecule has 2 N–H and O–H groups in total. The van der Waals surface area contributed by atoms with Gasteiger partial charge in [-0.25, -0.2) is 0 Å². The van der Waals surface area contributed by atoms with E-state index in [9.17, 15) is 0 Å². The molecule has 1 nitrogen and oxygen atoms in total. The Kier molecular flexibility index (Phi) is 17.2. The Labute approximate surface area is 355 Å². The number of rotatable bonds is 12. The van der Waals surface area contributed by atoms with Crippen molar-refractivity contribution < 1.29 is 0 Å². The van der Waals surface area contributed by atoms with Crippen LogP contribution in [0.5, 0.6) is 0 Å². The average Bonchev–Trinajstić information content (AvgIpc) is 3.30. The first-order valence-electron chi connectivity index (χ1n) is 21.1. The van der Waals surface area contributed by atoms with Gasteiger partial charge in [0.05, 0.1) is 0 Å². The van der Waals surface area contributed by atoms with Crippen molar-refractivity contribution in [3.63, 3.8) is 0 Å². The zero-order chi connectivity index (χ0) is 41.8. The van der Waals surface area contributed by atoms with Gasteiger partial charge in [-0.15, -0.1) is 0 Å². The molecule has 2 atom stereocenters. The maximum absolute atomic E-state index is 4.50. The van der Waals surface area contributed by atoms with Crippen LogP contribution in [0.4, 0.5) is 0 Å². The van der Waals surface area contributed by atoms with Crippen LogP contribution in [0.1, 0.15) is 80.7 Å². The number of benzene rings is 6. The fraction of sp³-hybridized carbons (Fsp3) is 0.172. The van der Waals surface area contributed by atoms with Crippen molar-refractivity contribution in [3.8, 4) is 11.1 Å². The molecule has 0 bridgehead atoms. The molecule has 0 heterocycles. The largest absolute Gasteiger partial charge is 0.333 e.